The van der Waals surface area contributed by atoms with E-state index in [1.165, 1.54) is 17.0 Å². The van der Waals surface area contributed by atoms with Gasteiger partial charge < -0.3 is 9.47 Å². The summed E-state index contributed by atoms with van der Waals surface area (Å²) >= 11 is 5.82. The average molecular weight is 380 g/mol. The fourth-order valence-electron chi connectivity index (χ4n) is 2.67. The van der Waals surface area contributed by atoms with E-state index in [0.717, 1.165) is 11.8 Å². The fourth-order valence-corrected chi connectivity index (χ4v) is 2.99. The Balaban J connectivity index is 0.00000208. The van der Waals surface area contributed by atoms with E-state index in [0.29, 0.717) is 18.9 Å². The van der Waals surface area contributed by atoms with Gasteiger partial charge in [0, 0.05) is 25.0 Å². The molecule has 0 atom stereocenters. The molecule has 1 aliphatic heterocycles. The molecule has 130 valence electrons. The number of fused-ring (bicyclic) bond motifs is 1. The van der Waals surface area contributed by atoms with Gasteiger partial charge in [0.15, 0.2) is 0 Å². The van der Waals surface area contributed by atoms with Gasteiger partial charge in [-0.1, -0.05) is 17.7 Å². The van der Waals surface area contributed by atoms with Crippen LogP contribution in [0, 0.1) is 6.92 Å². The number of hydrogen-bond acceptors (Lipinski definition) is 2. The number of alkyl halides is 3. The van der Waals surface area contributed by atoms with Crippen LogP contribution < -0.4 is 0 Å². The summed E-state index contributed by atoms with van der Waals surface area (Å²) in [7, 11) is 0. The van der Waals surface area contributed by atoms with E-state index < -0.39 is 22.7 Å². The first kappa shape index (κ1) is 18.6. The van der Waals surface area contributed by atoms with Crippen molar-refractivity contribution in [3.63, 3.8) is 0 Å². The van der Waals surface area contributed by atoms with Gasteiger partial charge in [0.2, 0.25) is 0 Å². The van der Waals surface area contributed by atoms with Gasteiger partial charge >= 0.3 is 6.18 Å². The minimum Gasteiger partial charge on any atom is -0.329 e. The molecule has 0 bridgehead atoms. The zero-order chi connectivity index (χ0) is 16.8. The van der Waals surface area contributed by atoms with E-state index >= 15 is 0 Å². The molecule has 3 rings (SSSR count). The van der Waals surface area contributed by atoms with Crippen molar-refractivity contribution >= 4 is 29.9 Å². The molecule has 4 nitrogen and oxygen atoms in total. The Morgan fingerprint density at radius 3 is 2.67 bits per heavy atom. The number of hydrogen-bond donors (Lipinski definition) is 0. The maximum absolute atomic E-state index is 12.9. The topological polar surface area (TPSA) is 38.1 Å². The van der Waals surface area contributed by atoms with E-state index in [1.807, 2.05) is 11.5 Å². The Hall–Kier alpha value is -1.73. The van der Waals surface area contributed by atoms with Crippen LogP contribution in [0.4, 0.5) is 13.2 Å². The van der Waals surface area contributed by atoms with Crippen molar-refractivity contribution in [1.82, 2.24) is 14.5 Å². The molecule has 1 amide bonds. The highest BCUT2D eigenvalue weighted by atomic mass is 35.5. The van der Waals surface area contributed by atoms with Crippen LogP contribution in [-0.2, 0) is 19.3 Å². The lowest BCUT2D eigenvalue weighted by molar-refractivity contribution is -0.137. The number of carbonyl (C=O) groups excluding carboxylic acids is 1. The van der Waals surface area contributed by atoms with Crippen LogP contribution in [0.25, 0.3) is 0 Å². The van der Waals surface area contributed by atoms with Crippen molar-refractivity contribution in [2.75, 3.05) is 6.54 Å². The van der Waals surface area contributed by atoms with Crippen molar-refractivity contribution in [3.05, 3.63) is 52.1 Å². The second kappa shape index (κ2) is 6.64. The van der Waals surface area contributed by atoms with E-state index in [2.05, 4.69) is 4.98 Å². The van der Waals surface area contributed by atoms with Crippen LogP contribution in [0.2, 0.25) is 5.02 Å². The largest absolute Gasteiger partial charge is 0.417 e. The normalized spacial score (nSPS) is 14.1. The number of nitrogens with zero attached hydrogens (tertiary/aromatic N) is 3. The SMILES string of the molecule is Cc1cnc2n1CCN(C(=O)c1cccc(C(F)(F)F)c1Cl)C2.Cl. The second-order valence-electron chi connectivity index (χ2n) is 5.36. The Morgan fingerprint density at radius 1 is 1.29 bits per heavy atom. The maximum atomic E-state index is 12.9. The van der Waals surface area contributed by atoms with Crippen molar-refractivity contribution in [1.29, 1.82) is 0 Å². The smallest absolute Gasteiger partial charge is 0.329 e. The van der Waals surface area contributed by atoms with Crippen LogP contribution in [0.3, 0.4) is 0 Å². The highest BCUT2D eigenvalue weighted by Crippen LogP contribution is 2.36. The zero-order valence-corrected chi connectivity index (χ0v) is 14.2. The monoisotopic (exact) mass is 379 g/mol. The number of carbonyl (C=O) groups is 1. The molecule has 0 spiro atoms. The predicted octanol–water partition coefficient (Wildman–Crippen LogP) is 3.94. The number of aryl methyl sites for hydroxylation is 1. The molecule has 0 saturated carbocycles. The van der Waals surface area contributed by atoms with Gasteiger partial charge in [-0.15, -0.1) is 12.4 Å². The first-order valence-corrected chi connectivity index (χ1v) is 7.33. The third-order valence-corrected chi connectivity index (χ3v) is 4.29. The van der Waals surface area contributed by atoms with Crippen LogP contribution in [0.15, 0.2) is 24.4 Å². The standard InChI is InChI=1S/C15H13ClF3N3O.ClH/c1-9-7-20-12-8-21(5-6-22(9)12)14(23)10-3-2-4-11(13(10)16)15(17,18)19;/h2-4,7H,5-6,8H2,1H3;1H. The van der Waals surface area contributed by atoms with E-state index in [-0.39, 0.29) is 24.5 Å². The van der Waals surface area contributed by atoms with Crippen molar-refractivity contribution < 1.29 is 18.0 Å². The number of halogens is 5. The van der Waals surface area contributed by atoms with Crippen molar-refractivity contribution in [2.45, 2.75) is 26.2 Å². The van der Waals surface area contributed by atoms with Gasteiger partial charge in [-0.2, -0.15) is 13.2 Å². The third-order valence-electron chi connectivity index (χ3n) is 3.89. The summed E-state index contributed by atoms with van der Waals surface area (Å²) in [6.45, 7) is 3.12. The summed E-state index contributed by atoms with van der Waals surface area (Å²) in [5.74, 6) is 0.193. The van der Waals surface area contributed by atoms with E-state index in [4.69, 9.17) is 11.6 Å². The molecule has 1 aromatic carbocycles. The number of benzene rings is 1. The molecule has 0 aliphatic carbocycles. The summed E-state index contributed by atoms with van der Waals surface area (Å²) in [5, 5.41) is -0.560. The Morgan fingerprint density at radius 2 is 2.00 bits per heavy atom. The third kappa shape index (κ3) is 3.23. The van der Waals surface area contributed by atoms with Crippen LogP contribution in [0.1, 0.15) is 27.4 Å². The molecular formula is C15H14Cl2F3N3O. The summed E-state index contributed by atoms with van der Waals surface area (Å²) < 4.78 is 40.7. The molecule has 1 aliphatic rings. The van der Waals surface area contributed by atoms with Gasteiger partial charge in [0.05, 0.1) is 22.7 Å². The summed E-state index contributed by atoms with van der Waals surface area (Å²) in [5.41, 5.74) is -0.151. The van der Waals surface area contributed by atoms with Crippen LogP contribution in [0.5, 0.6) is 0 Å². The van der Waals surface area contributed by atoms with Gasteiger partial charge in [0.1, 0.15) is 5.82 Å². The molecule has 2 aromatic rings. The average Bonchev–Trinajstić information content (AvgIpc) is 2.86. The lowest BCUT2D eigenvalue weighted by Crippen LogP contribution is -2.38. The van der Waals surface area contributed by atoms with E-state index in [9.17, 15) is 18.0 Å². The number of aromatic nitrogens is 2. The quantitative estimate of drug-likeness (QED) is 0.752. The highest BCUT2D eigenvalue weighted by molar-refractivity contribution is 6.34. The van der Waals surface area contributed by atoms with Crippen LogP contribution >= 0.6 is 24.0 Å². The first-order chi connectivity index (χ1) is 10.8. The molecule has 0 fully saturated rings. The Bertz CT molecular complexity index is 774. The fraction of sp³-hybridized carbons (Fsp3) is 0.333. The number of rotatable bonds is 1. The summed E-state index contributed by atoms with van der Waals surface area (Å²) in [4.78, 5) is 18.2. The van der Waals surface area contributed by atoms with Crippen molar-refractivity contribution in [2.24, 2.45) is 0 Å². The maximum Gasteiger partial charge on any atom is 0.417 e. The summed E-state index contributed by atoms with van der Waals surface area (Å²) in [6, 6.07) is 3.37. The summed E-state index contributed by atoms with van der Waals surface area (Å²) in [6.07, 6.45) is -2.89. The van der Waals surface area contributed by atoms with Gasteiger partial charge in [-0.05, 0) is 19.1 Å². The molecule has 0 radical (unpaired) electrons. The first-order valence-electron chi connectivity index (χ1n) is 6.95. The van der Waals surface area contributed by atoms with Gasteiger partial charge in [-0.3, -0.25) is 4.79 Å². The Labute approximate surface area is 147 Å². The highest BCUT2D eigenvalue weighted by Gasteiger charge is 2.35. The van der Waals surface area contributed by atoms with Crippen LogP contribution in [-0.4, -0.2) is 26.9 Å². The minimum absolute atomic E-state index is 0. The second-order valence-corrected chi connectivity index (χ2v) is 5.74. The van der Waals surface area contributed by atoms with Crippen molar-refractivity contribution in [3.8, 4) is 0 Å². The molecule has 0 unspecified atom stereocenters. The molecule has 0 N–H and O–H groups in total. The molecule has 0 saturated heterocycles. The molecule has 1 aromatic heterocycles. The van der Waals surface area contributed by atoms with Gasteiger partial charge in [0.25, 0.3) is 5.91 Å². The molecule has 24 heavy (non-hydrogen) atoms. The Kier molecular flexibility index (Phi) is 5.15. The molecule has 9 heteroatoms. The lowest BCUT2D eigenvalue weighted by atomic mass is 10.1. The zero-order valence-electron chi connectivity index (χ0n) is 12.6. The number of imidazole rings is 1. The number of amides is 1. The minimum atomic E-state index is -4.59. The lowest BCUT2D eigenvalue weighted by Gasteiger charge is -2.29. The molecular weight excluding hydrogens is 366 g/mol. The molecule has 2 heterocycles. The van der Waals surface area contributed by atoms with E-state index in [1.54, 1.807) is 6.20 Å². The predicted molar refractivity (Wildman–Crippen MR) is 85.4 cm³/mol. The van der Waals surface area contributed by atoms with Gasteiger partial charge in [-0.25, -0.2) is 4.98 Å².